The number of amides is 1. The Bertz CT molecular complexity index is 1190. The van der Waals surface area contributed by atoms with E-state index in [-0.39, 0.29) is 17.3 Å². The second kappa shape index (κ2) is 9.58. The number of hydrogen-bond acceptors (Lipinski definition) is 6. The molecule has 0 saturated carbocycles. The van der Waals surface area contributed by atoms with E-state index in [0.717, 1.165) is 11.3 Å². The summed E-state index contributed by atoms with van der Waals surface area (Å²) in [7, 11) is -2.16. The van der Waals surface area contributed by atoms with Crippen molar-refractivity contribution in [2.75, 3.05) is 25.5 Å². The number of nitrogens with zero attached hydrogens (tertiary/aromatic N) is 2. The minimum atomic E-state index is -3.69. The Morgan fingerprint density at radius 2 is 1.91 bits per heavy atom. The zero-order valence-electron chi connectivity index (χ0n) is 17.3. The van der Waals surface area contributed by atoms with Gasteiger partial charge in [-0.3, -0.25) is 4.79 Å². The number of sulfonamides is 1. The van der Waals surface area contributed by atoms with Crippen molar-refractivity contribution >= 4 is 44.0 Å². The molecule has 1 fully saturated rings. The lowest BCUT2D eigenvalue weighted by molar-refractivity contribution is -0.120. The first-order valence-electron chi connectivity index (χ1n) is 10.0. The van der Waals surface area contributed by atoms with Crippen LogP contribution in [0, 0.1) is 5.92 Å². The van der Waals surface area contributed by atoms with Crippen LogP contribution < -0.4 is 10.1 Å². The van der Waals surface area contributed by atoms with E-state index in [9.17, 15) is 13.2 Å². The van der Waals surface area contributed by atoms with Gasteiger partial charge < -0.3 is 10.1 Å². The molecule has 1 atom stereocenters. The summed E-state index contributed by atoms with van der Waals surface area (Å²) < 4.78 is 32.5. The summed E-state index contributed by atoms with van der Waals surface area (Å²) in [6.45, 7) is 0.520. The monoisotopic (exact) mass is 491 g/mol. The molecule has 0 radical (unpaired) electrons. The van der Waals surface area contributed by atoms with Crippen LogP contribution >= 0.6 is 22.9 Å². The van der Waals surface area contributed by atoms with Crippen LogP contribution in [-0.4, -0.2) is 43.8 Å². The van der Waals surface area contributed by atoms with E-state index in [2.05, 4.69) is 10.3 Å². The van der Waals surface area contributed by atoms with E-state index in [1.807, 2.05) is 17.5 Å². The Morgan fingerprint density at radius 1 is 1.19 bits per heavy atom. The quantitative estimate of drug-likeness (QED) is 0.548. The fraction of sp³-hybridized carbons (Fsp3) is 0.273. The van der Waals surface area contributed by atoms with Gasteiger partial charge in [-0.15, -0.1) is 11.3 Å². The SMILES string of the molecule is COc1ccc(S(=O)(=O)N2CCCC(C(=O)Nc3nc(-c4ccc(Cl)cc4)cs3)C2)cc1. The molecule has 0 aliphatic carbocycles. The second-order valence-electron chi connectivity index (χ2n) is 7.41. The molecule has 0 bridgehead atoms. The average molecular weight is 492 g/mol. The molecule has 0 spiro atoms. The van der Waals surface area contributed by atoms with E-state index in [4.69, 9.17) is 16.3 Å². The number of methoxy groups -OCH3 is 1. The first-order chi connectivity index (χ1) is 15.4. The number of thiazole rings is 1. The van der Waals surface area contributed by atoms with E-state index < -0.39 is 15.9 Å². The molecule has 1 unspecified atom stereocenters. The lowest BCUT2D eigenvalue weighted by Crippen LogP contribution is -2.43. The molecule has 7 nitrogen and oxygen atoms in total. The number of hydrogen-bond donors (Lipinski definition) is 1. The van der Waals surface area contributed by atoms with Crippen molar-refractivity contribution < 1.29 is 17.9 Å². The van der Waals surface area contributed by atoms with Crippen molar-refractivity contribution in [3.05, 3.63) is 58.9 Å². The van der Waals surface area contributed by atoms with Crippen LogP contribution in [0.25, 0.3) is 11.3 Å². The fourth-order valence-corrected chi connectivity index (χ4v) is 5.94. The summed E-state index contributed by atoms with van der Waals surface area (Å²) in [4.78, 5) is 17.5. The summed E-state index contributed by atoms with van der Waals surface area (Å²) in [5, 5.41) is 5.83. The van der Waals surface area contributed by atoms with Gasteiger partial charge in [0.15, 0.2) is 5.13 Å². The van der Waals surface area contributed by atoms with Gasteiger partial charge >= 0.3 is 0 Å². The number of anilines is 1. The summed E-state index contributed by atoms with van der Waals surface area (Å²) in [6, 6.07) is 13.6. The lowest BCUT2D eigenvalue weighted by atomic mass is 9.99. The van der Waals surface area contributed by atoms with Crippen LogP contribution in [0.15, 0.2) is 58.8 Å². The highest BCUT2D eigenvalue weighted by Gasteiger charge is 2.33. The maximum absolute atomic E-state index is 13.0. The minimum absolute atomic E-state index is 0.135. The van der Waals surface area contributed by atoms with Crippen molar-refractivity contribution in [1.82, 2.24) is 9.29 Å². The molecule has 3 aromatic rings. The highest BCUT2D eigenvalue weighted by molar-refractivity contribution is 7.89. The Hall–Kier alpha value is -2.46. The normalized spacial score (nSPS) is 17.1. The molecule has 1 aromatic heterocycles. The van der Waals surface area contributed by atoms with Crippen LogP contribution in [0.4, 0.5) is 5.13 Å². The third-order valence-corrected chi connectivity index (χ3v) is 8.22. The van der Waals surface area contributed by atoms with Gasteiger partial charge in [-0.05, 0) is 49.2 Å². The minimum Gasteiger partial charge on any atom is -0.497 e. The summed E-state index contributed by atoms with van der Waals surface area (Å²) >= 11 is 7.26. The lowest BCUT2D eigenvalue weighted by Gasteiger charge is -2.31. The predicted molar refractivity (Wildman–Crippen MR) is 126 cm³/mol. The summed E-state index contributed by atoms with van der Waals surface area (Å²) in [5.41, 5.74) is 1.65. The number of carbonyl (C=O) groups is 1. The van der Waals surface area contributed by atoms with Gasteiger partial charge in [-0.25, -0.2) is 13.4 Å². The zero-order valence-corrected chi connectivity index (χ0v) is 19.7. The molecule has 1 aliphatic rings. The van der Waals surface area contributed by atoms with Gasteiger partial charge in [0.2, 0.25) is 15.9 Å². The molecule has 168 valence electrons. The van der Waals surface area contributed by atoms with Crippen molar-refractivity contribution in [2.24, 2.45) is 5.92 Å². The number of aromatic nitrogens is 1. The number of ether oxygens (including phenoxy) is 1. The standard InChI is InChI=1S/C22H22ClN3O4S2/c1-30-18-8-10-19(11-9-18)32(28,29)26-12-2-3-16(13-26)21(27)25-22-24-20(14-31-22)15-4-6-17(23)7-5-15/h4-11,14,16H,2-3,12-13H2,1H3,(H,24,25,27). The molecular formula is C22H22ClN3O4S2. The molecule has 10 heteroatoms. The molecule has 1 aliphatic heterocycles. The highest BCUT2D eigenvalue weighted by Crippen LogP contribution is 2.28. The maximum atomic E-state index is 13.0. The molecule has 1 N–H and O–H groups in total. The highest BCUT2D eigenvalue weighted by atomic mass is 35.5. The van der Waals surface area contributed by atoms with Gasteiger partial charge in [0.25, 0.3) is 0 Å². The number of benzene rings is 2. The van der Waals surface area contributed by atoms with Crippen molar-refractivity contribution in [3.8, 4) is 17.0 Å². The smallest absolute Gasteiger partial charge is 0.243 e. The third kappa shape index (κ3) is 4.96. The van der Waals surface area contributed by atoms with E-state index in [1.54, 1.807) is 24.3 Å². The van der Waals surface area contributed by atoms with Crippen molar-refractivity contribution in [1.29, 1.82) is 0 Å². The molecule has 32 heavy (non-hydrogen) atoms. The fourth-order valence-electron chi connectivity index (χ4n) is 3.56. The molecule has 1 saturated heterocycles. The number of piperidine rings is 1. The van der Waals surface area contributed by atoms with Gasteiger partial charge in [0, 0.05) is 29.1 Å². The Morgan fingerprint density at radius 3 is 2.59 bits per heavy atom. The second-order valence-corrected chi connectivity index (χ2v) is 10.6. The van der Waals surface area contributed by atoms with Gasteiger partial charge in [-0.2, -0.15) is 4.31 Å². The van der Waals surface area contributed by atoms with E-state index in [1.165, 1.54) is 34.9 Å². The predicted octanol–water partition coefficient (Wildman–Crippen LogP) is 4.51. The number of nitrogens with one attached hydrogen (secondary N) is 1. The molecule has 2 heterocycles. The van der Waals surface area contributed by atoms with Crippen LogP contribution in [0.3, 0.4) is 0 Å². The summed E-state index contributed by atoms with van der Waals surface area (Å²) in [6.07, 6.45) is 1.23. The van der Waals surface area contributed by atoms with Crippen LogP contribution in [-0.2, 0) is 14.8 Å². The zero-order chi connectivity index (χ0) is 22.7. The topological polar surface area (TPSA) is 88.6 Å². The van der Waals surface area contributed by atoms with Gasteiger partial charge in [0.1, 0.15) is 5.75 Å². The van der Waals surface area contributed by atoms with Crippen molar-refractivity contribution in [2.45, 2.75) is 17.7 Å². The first-order valence-corrected chi connectivity index (χ1v) is 12.7. The number of rotatable bonds is 6. The maximum Gasteiger partial charge on any atom is 0.243 e. The largest absolute Gasteiger partial charge is 0.497 e. The summed E-state index contributed by atoms with van der Waals surface area (Å²) in [5.74, 6) is -0.0856. The molecular weight excluding hydrogens is 470 g/mol. The average Bonchev–Trinajstić information content (AvgIpc) is 3.28. The Kier molecular flexibility index (Phi) is 6.80. The molecule has 4 rings (SSSR count). The Balaban J connectivity index is 1.43. The van der Waals surface area contributed by atoms with Crippen LogP contribution in [0.1, 0.15) is 12.8 Å². The van der Waals surface area contributed by atoms with Gasteiger partial charge in [0.05, 0.1) is 23.6 Å². The number of halogens is 1. The molecule has 1 amide bonds. The van der Waals surface area contributed by atoms with E-state index >= 15 is 0 Å². The first kappa shape index (κ1) is 22.7. The van der Waals surface area contributed by atoms with Gasteiger partial charge in [-0.1, -0.05) is 23.7 Å². The van der Waals surface area contributed by atoms with Crippen LogP contribution in [0.5, 0.6) is 5.75 Å². The van der Waals surface area contributed by atoms with Crippen molar-refractivity contribution in [3.63, 3.8) is 0 Å². The third-order valence-electron chi connectivity index (χ3n) is 5.33. The van der Waals surface area contributed by atoms with Crippen LogP contribution in [0.2, 0.25) is 5.02 Å². The van der Waals surface area contributed by atoms with E-state index in [0.29, 0.717) is 35.3 Å². The number of carbonyl (C=O) groups excluding carboxylic acids is 1. The Labute approximate surface area is 196 Å². The molecule has 2 aromatic carbocycles.